The van der Waals surface area contributed by atoms with Gasteiger partial charge in [0.25, 0.3) is 11.3 Å². The van der Waals surface area contributed by atoms with E-state index in [1.807, 2.05) is 30.3 Å². The summed E-state index contributed by atoms with van der Waals surface area (Å²) in [6, 6.07) is 16.1. The summed E-state index contributed by atoms with van der Waals surface area (Å²) in [5.74, 6) is 0.605. The number of hydrogen-bond donors (Lipinski definition) is 3. The summed E-state index contributed by atoms with van der Waals surface area (Å²) in [6.07, 6.45) is 0. The van der Waals surface area contributed by atoms with Crippen molar-refractivity contribution < 1.29 is 13.6 Å². The van der Waals surface area contributed by atoms with Gasteiger partial charge in [0.2, 0.25) is 0 Å². The van der Waals surface area contributed by atoms with Gasteiger partial charge in [0.05, 0.1) is 5.69 Å². The van der Waals surface area contributed by atoms with Gasteiger partial charge in [-0.05, 0) is 36.4 Å². The molecule has 0 saturated heterocycles. The Labute approximate surface area is 107 Å². The largest absolute Gasteiger partial charge is 0.382 e. The third-order valence-corrected chi connectivity index (χ3v) is 2.53. The Bertz CT molecular complexity index is 517. The van der Waals surface area contributed by atoms with Crippen molar-refractivity contribution in [1.82, 2.24) is 0 Å². The van der Waals surface area contributed by atoms with Gasteiger partial charge in [-0.15, -0.1) is 0 Å². The Morgan fingerprint density at radius 3 is 2.22 bits per heavy atom. The van der Waals surface area contributed by atoms with Gasteiger partial charge in [-0.25, -0.2) is 9.69 Å². The van der Waals surface area contributed by atoms with Crippen LogP contribution in [0.1, 0.15) is 0 Å². The molecule has 2 aromatic rings. The third kappa shape index (κ3) is 3.76. The molecule has 0 heterocycles. The van der Waals surface area contributed by atoms with Crippen LogP contribution in [0.5, 0.6) is 5.75 Å². The molecule has 6 heteroatoms. The number of rotatable bonds is 5. The fraction of sp³-hybridized carbons (Fsp3) is 0. The van der Waals surface area contributed by atoms with Crippen molar-refractivity contribution in [2.75, 3.05) is 10.2 Å². The summed E-state index contributed by atoms with van der Waals surface area (Å²) >= 11 is -2.06. The van der Waals surface area contributed by atoms with E-state index in [0.29, 0.717) is 11.4 Å². The normalized spacial score (nSPS) is 11.6. The number of hydrogen-bond acceptors (Lipinski definition) is 3. The van der Waals surface area contributed by atoms with Crippen LogP contribution in [0, 0.1) is 0 Å². The Morgan fingerprint density at radius 2 is 1.61 bits per heavy atom. The van der Waals surface area contributed by atoms with Gasteiger partial charge >= 0.3 is 0 Å². The second-order valence-electron chi connectivity index (χ2n) is 3.45. The van der Waals surface area contributed by atoms with Crippen molar-refractivity contribution in [3.8, 4) is 5.75 Å². The molecule has 0 aromatic heterocycles. The lowest BCUT2D eigenvalue weighted by atomic mass is 10.3. The SMILES string of the molecule is O=S(O)Nc1ccc(ONc2ccccc2)cc1. The third-order valence-electron chi connectivity index (χ3n) is 2.12. The Balaban J connectivity index is 1.92. The molecule has 0 saturated carbocycles. The lowest BCUT2D eigenvalue weighted by molar-refractivity contribution is 0.405. The molecule has 0 aliphatic rings. The van der Waals surface area contributed by atoms with E-state index < -0.39 is 11.3 Å². The van der Waals surface area contributed by atoms with Crippen LogP contribution in [-0.2, 0) is 11.3 Å². The molecule has 0 fully saturated rings. The van der Waals surface area contributed by atoms with Crippen LogP contribution < -0.4 is 15.0 Å². The lowest BCUT2D eigenvalue weighted by Crippen LogP contribution is -2.05. The second-order valence-corrected chi connectivity index (χ2v) is 4.15. The van der Waals surface area contributed by atoms with E-state index in [-0.39, 0.29) is 0 Å². The predicted octanol–water partition coefficient (Wildman–Crippen LogP) is 2.64. The molecule has 3 N–H and O–H groups in total. The van der Waals surface area contributed by atoms with E-state index in [1.165, 1.54) is 0 Å². The average Bonchev–Trinajstić information content (AvgIpc) is 2.38. The number of nitrogens with one attached hydrogen (secondary N) is 2. The summed E-state index contributed by atoms with van der Waals surface area (Å²) in [5, 5.41) is 0. The van der Waals surface area contributed by atoms with Gasteiger partial charge < -0.3 is 4.84 Å². The highest BCUT2D eigenvalue weighted by atomic mass is 32.2. The molecule has 1 atom stereocenters. The molecule has 0 aliphatic carbocycles. The first-order valence-electron chi connectivity index (χ1n) is 5.19. The minimum absolute atomic E-state index is 0.544. The van der Waals surface area contributed by atoms with E-state index in [1.54, 1.807) is 24.3 Å². The van der Waals surface area contributed by atoms with Gasteiger partial charge in [0, 0.05) is 5.69 Å². The summed E-state index contributed by atoms with van der Waals surface area (Å²) in [4.78, 5) is 5.34. The van der Waals surface area contributed by atoms with E-state index in [9.17, 15) is 4.21 Å². The minimum Gasteiger partial charge on any atom is -0.382 e. The van der Waals surface area contributed by atoms with Gasteiger partial charge in [0.15, 0.2) is 5.75 Å². The van der Waals surface area contributed by atoms with Crippen molar-refractivity contribution in [3.63, 3.8) is 0 Å². The molecule has 5 nitrogen and oxygen atoms in total. The molecule has 0 radical (unpaired) electrons. The van der Waals surface area contributed by atoms with Crippen LogP contribution in [0.4, 0.5) is 11.4 Å². The molecule has 0 spiro atoms. The molecule has 0 amide bonds. The maximum absolute atomic E-state index is 10.5. The first kappa shape index (κ1) is 12.4. The topological polar surface area (TPSA) is 70.6 Å². The van der Waals surface area contributed by atoms with Crippen molar-refractivity contribution in [1.29, 1.82) is 0 Å². The molecule has 0 aliphatic heterocycles. The minimum atomic E-state index is -2.06. The second kappa shape index (κ2) is 6.04. The van der Waals surface area contributed by atoms with E-state index in [2.05, 4.69) is 10.2 Å². The van der Waals surface area contributed by atoms with Crippen LogP contribution in [0.3, 0.4) is 0 Å². The zero-order chi connectivity index (χ0) is 12.8. The fourth-order valence-corrected chi connectivity index (χ4v) is 1.65. The zero-order valence-electron chi connectivity index (χ0n) is 9.37. The monoisotopic (exact) mass is 264 g/mol. The molecule has 0 bridgehead atoms. The van der Waals surface area contributed by atoms with Crippen LogP contribution in [0.25, 0.3) is 0 Å². The Kier molecular flexibility index (Phi) is 4.16. The van der Waals surface area contributed by atoms with Crippen LogP contribution in [-0.4, -0.2) is 8.76 Å². The quantitative estimate of drug-likeness (QED) is 0.573. The zero-order valence-corrected chi connectivity index (χ0v) is 10.2. The highest BCUT2D eigenvalue weighted by Gasteiger charge is 1.97. The predicted molar refractivity (Wildman–Crippen MR) is 71.5 cm³/mol. The maximum Gasteiger partial charge on any atom is 0.259 e. The van der Waals surface area contributed by atoms with Crippen molar-refractivity contribution in [3.05, 3.63) is 54.6 Å². The summed E-state index contributed by atoms with van der Waals surface area (Å²) in [6.45, 7) is 0. The van der Waals surface area contributed by atoms with Gasteiger partial charge in [-0.2, -0.15) is 0 Å². The number of para-hydroxylation sites is 1. The molecular weight excluding hydrogens is 252 g/mol. The fourth-order valence-electron chi connectivity index (χ4n) is 1.32. The van der Waals surface area contributed by atoms with E-state index in [4.69, 9.17) is 9.39 Å². The van der Waals surface area contributed by atoms with E-state index >= 15 is 0 Å². The van der Waals surface area contributed by atoms with Crippen LogP contribution >= 0.6 is 0 Å². The first-order valence-corrected chi connectivity index (χ1v) is 6.30. The number of benzene rings is 2. The molecular formula is C12H12N2O3S. The smallest absolute Gasteiger partial charge is 0.259 e. The van der Waals surface area contributed by atoms with Crippen molar-refractivity contribution >= 4 is 22.6 Å². The molecule has 2 aromatic carbocycles. The maximum atomic E-state index is 10.5. The summed E-state index contributed by atoms with van der Waals surface area (Å²) in [7, 11) is 0. The van der Waals surface area contributed by atoms with Gasteiger partial charge in [-0.1, -0.05) is 18.2 Å². The molecule has 1 unspecified atom stereocenters. The summed E-state index contributed by atoms with van der Waals surface area (Å²) in [5.41, 5.74) is 4.18. The average molecular weight is 264 g/mol. The Morgan fingerprint density at radius 1 is 0.944 bits per heavy atom. The highest BCUT2D eigenvalue weighted by Crippen LogP contribution is 2.16. The van der Waals surface area contributed by atoms with Gasteiger partial charge in [-0.3, -0.25) is 9.27 Å². The lowest BCUT2D eigenvalue weighted by Gasteiger charge is -2.08. The van der Waals surface area contributed by atoms with E-state index in [0.717, 1.165) is 5.69 Å². The van der Waals surface area contributed by atoms with Crippen LogP contribution in [0.2, 0.25) is 0 Å². The molecule has 18 heavy (non-hydrogen) atoms. The standard InChI is InChI=1S/C12H12N2O3S/c15-18(16)14-11-6-8-12(9-7-11)17-13-10-4-2-1-3-5-10/h1-9,13-14H,(H,15,16). The van der Waals surface area contributed by atoms with Crippen molar-refractivity contribution in [2.45, 2.75) is 0 Å². The molecule has 94 valence electrons. The van der Waals surface area contributed by atoms with Crippen molar-refractivity contribution in [2.24, 2.45) is 0 Å². The first-order chi connectivity index (χ1) is 8.74. The summed E-state index contributed by atoms with van der Waals surface area (Å²) < 4.78 is 21.5. The molecule has 2 rings (SSSR count). The number of anilines is 2. The Hall–Kier alpha value is -2.05. The van der Waals surface area contributed by atoms with Crippen LogP contribution in [0.15, 0.2) is 54.6 Å². The van der Waals surface area contributed by atoms with Gasteiger partial charge in [0.1, 0.15) is 0 Å². The highest BCUT2D eigenvalue weighted by molar-refractivity contribution is 7.80.